The number of carbonyl (C=O) groups is 1. The van der Waals surface area contributed by atoms with Crippen LogP contribution in [-0.4, -0.2) is 63.0 Å². The minimum absolute atomic E-state index is 0.0494. The smallest absolute Gasteiger partial charge is 0.412 e. The molecule has 5 aromatic rings. The van der Waals surface area contributed by atoms with Gasteiger partial charge in [0.15, 0.2) is 11.6 Å². The molecule has 1 amide bonds. The molecule has 198 valence electrons. The molecule has 39 heavy (non-hydrogen) atoms. The Hall–Kier alpha value is -4.65. The SMILES string of the molecule is COc1cnc2c(-c3nc4cc(F)c5c(c4s3)C[C@H](CN(C(=O)O)c3cnc(OC)nc3)O5)cc(C)cc2n1. The highest BCUT2D eigenvalue weighted by atomic mass is 32.1. The number of hydrogen-bond acceptors (Lipinski definition) is 10. The fourth-order valence-corrected chi connectivity index (χ4v) is 5.72. The van der Waals surface area contributed by atoms with Crippen molar-refractivity contribution in [3.8, 4) is 28.2 Å². The molecule has 0 radical (unpaired) electrons. The van der Waals surface area contributed by atoms with Crippen molar-refractivity contribution in [1.29, 1.82) is 0 Å². The molecule has 0 bridgehead atoms. The zero-order chi connectivity index (χ0) is 27.3. The van der Waals surface area contributed by atoms with Gasteiger partial charge in [-0.25, -0.2) is 34.1 Å². The first kappa shape index (κ1) is 24.7. The molecular weight excluding hydrogens is 527 g/mol. The van der Waals surface area contributed by atoms with Gasteiger partial charge in [-0.1, -0.05) is 0 Å². The lowest BCUT2D eigenvalue weighted by molar-refractivity contribution is 0.190. The molecular formula is C26H21FN6O5S. The monoisotopic (exact) mass is 548 g/mol. The van der Waals surface area contributed by atoms with Gasteiger partial charge in [-0.3, -0.25) is 4.90 Å². The molecule has 0 saturated carbocycles. The summed E-state index contributed by atoms with van der Waals surface area (Å²) in [7, 11) is 2.95. The highest BCUT2D eigenvalue weighted by Gasteiger charge is 2.33. The summed E-state index contributed by atoms with van der Waals surface area (Å²) in [6.45, 7) is 1.90. The van der Waals surface area contributed by atoms with E-state index in [1.54, 1.807) is 6.20 Å². The Bertz CT molecular complexity index is 1750. The van der Waals surface area contributed by atoms with Gasteiger partial charge >= 0.3 is 12.1 Å². The van der Waals surface area contributed by atoms with Crippen molar-refractivity contribution >= 4 is 44.4 Å². The third-order valence-electron chi connectivity index (χ3n) is 6.33. The number of rotatable bonds is 6. The zero-order valence-corrected chi connectivity index (χ0v) is 21.8. The van der Waals surface area contributed by atoms with Crippen LogP contribution in [0, 0.1) is 12.7 Å². The molecule has 13 heteroatoms. The summed E-state index contributed by atoms with van der Waals surface area (Å²) >= 11 is 1.41. The maximum Gasteiger partial charge on any atom is 0.412 e. The molecule has 6 rings (SSSR count). The standard InChI is InChI=1S/C26H21FN6O5S/c1-12-4-15(21-18(5-12)31-20(36-2)10-28-21)24-32-19-7-17(27)22-16(23(19)39-24)6-14(38-22)11-33(26(34)35)13-8-29-25(37-3)30-9-13/h4-5,7-10,14H,6,11H2,1-3H3,(H,34,35)/t14-/m1/s1. The van der Waals surface area contributed by atoms with E-state index in [-0.39, 0.29) is 24.0 Å². The number of aromatic nitrogens is 5. The molecule has 4 heterocycles. The number of thiazole rings is 1. The minimum Gasteiger partial charge on any atom is -0.485 e. The van der Waals surface area contributed by atoms with Crippen LogP contribution in [0.15, 0.2) is 36.8 Å². The lowest BCUT2D eigenvalue weighted by Gasteiger charge is -2.22. The predicted molar refractivity (Wildman–Crippen MR) is 141 cm³/mol. The van der Waals surface area contributed by atoms with Crippen molar-refractivity contribution in [3.05, 3.63) is 53.7 Å². The van der Waals surface area contributed by atoms with Gasteiger partial charge in [0, 0.05) is 23.6 Å². The Labute approximate surface area is 224 Å². The van der Waals surface area contributed by atoms with Crippen LogP contribution in [0.25, 0.3) is 31.8 Å². The van der Waals surface area contributed by atoms with Crippen molar-refractivity contribution < 1.29 is 28.5 Å². The summed E-state index contributed by atoms with van der Waals surface area (Å²) < 4.78 is 32.0. The van der Waals surface area contributed by atoms with Crippen LogP contribution in [0.3, 0.4) is 0 Å². The molecule has 0 fully saturated rings. The second-order valence-corrected chi connectivity index (χ2v) is 9.89. The lowest BCUT2D eigenvalue weighted by atomic mass is 10.1. The first-order valence-electron chi connectivity index (χ1n) is 11.8. The summed E-state index contributed by atoms with van der Waals surface area (Å²) in [5.74, 6) is -0.0363. The molecule has 11 nitrogen and oxygen atoms in total. The fraction of sp³-hybridized carbons (Fsp3) is 0.231. The molecule has 0 unspecified atom stereocenters. The first-order chi connectivity index (χ1) is 18.8. The molecule has 0 saturated heterocycles. The van der Waals surface area contributed by atoms with Gasteiger partial charge in [0.2, 0.25) is 5.88 Å². The van der Waals surface area contributed by atoms with Crippen molar-refractivity contribution in [1.82, 2.24) is 24.9 Å². The second-order valence-electron chi connectivity index (χ2n) is 8.89. The Morgan fingerprint density at radius 1 is 1.13 bits per heavy atom. The van der Waals surface area contributed by atoms with Crippen LogP contribution in [-0.2, 0) is 6.42 Å². The van der Waals surface area contributed by atoms with E-state index in [0.29, 0.717) is 39.4 Å². The summed E-state index contributed by atoms with van der Waals surface area (Å²) in [6, 6.07) is 5.35. The van der Waals surface area contributed by atoms with E-state index in [9.17, 15) is 9.90 Å². The Morgan fingerprint density at radius 3 is 2.64 bits per heavy atom. The summed E-state index contributed by atoms with van der Waals surface area (Å²) in [5, 5.41) is 10.5. The number of ether oxygens (including phenoxy) is 3. The number of fused-ring (bicyclic) bond motifs is 4. The van der Waals surface area contributed by atoms with E-state index in [4.69, 9.17) is 19.2 Å². The Morgan fingerprint density at radius 2 is 1.92 bits per heavy atom. The van der Waals surface area contributed by atoms with Crippen molar-refractivity contribution in [2.75, 3.05) is 25.7 Å². The van der Waals surface area contributed by atoms with E-state index in [2.05, 4.69) is 19.9 Å². The zero-order valence-electron chi connectivity index (χ0n) is 21.0. The van der Waals surface area contributed by atoms with E-state index < -0.39 is 18.0 Å². The van der Waals surface area contributed by atoms with E-state index in [1.807, 2.05) is 19.1 Å². The van der Waals surface area contributed by atoms with Gasteiger partial charge < -0.3 is 19.3 Å². The number of nitrogens with zero attached hydrogens (tertiary/aromatic N) is 6. The lowest BCUT2D eigenvalue weighted by Crippen LogP contribution is -2.38. The third-order valence-corrected chi connectivity index (χ3v) is 7.50. The number of hydrogen-bond donors (Lipinski definition) is 1. The molecule has 3 aromatic heterocycles. The normalized spacial score (nSPS) is 14.3. The third kappa shape index (κ3) is 4.40. The van der Waals surface area contributed by atoms with E-state index >= 15 is 4.39 Å². The van der Waals surface area contributed by atoms with Gasteiger partial charge in [-0.2, -0.15) is 0 Å². The van der Waals surface area contributed by atoms with Crippen LogP contribution >= 0.6 is 11.3 Å². The highest BCUT2D eigenvalue weighted by molar-refractivity contribution is 7.22. The average molecular weight is 549 g/mol. The quantitative estimate of drug-likeness (QED) is 0.320. The highest BCUT2D eigenvalue weighted by Crippen LogP contribution is 2.43. The number of amides is 1. The summed E-state index contributed by atoms with van der Waals surface area (Å²) in [6.07, 6.45) is 2.71. The van der Waals surface area contributed by atoms with Crippen molar-refractivity contribution in [2.45, 2.75) is 19.4 Å². The van der Waals surface area contributed by atoms with Crippen LogP contribution in [0.4, 0.5) is 14.9 Å². The largest absolute Gasteiger partial charge is 0.485 e. The van der Waals surface area contributed by atoms with Gasteiger partial charge in [0.25, 0.3) is 0 Å². The number of aryl methyl sites for hydroxylation is 1. The summed E-state index contributed by atoms with van der Waals surface area (Å²) in [4.78, 5) is 34.8. The number of benzene rings is 2. The van der Waals surface area contributed by atoms with Crippen LogP contribution in [0.2, 0.25) is 0 Å². The van der Waals surface area contributed by atoms with E-state index in [1.165, 1.54) is 44.0 Å². The average Bonchev–Trinajstić information content (AvgIpc) is 3.55. The number of anilines is 1. The van der Waals surface area contributed by atoms with Crippen molar-refractivity contribution in [3.63, 3.8) is 0 Å². The Kier molecular flexibility index (Phi) is 6.06. The van der Waals surface area contributed by atoms with Gasteiger partial charge in [-0.15, -0.1) is 11.3 Å². The number of carboxylic acid groups (broad SMARTS) is 1. The summed E-state index contributed by atoms with van der Waals surface area (Å²) in [5.41, 5.74) is 4.46. The van der Waals surface area contributed by atoms with Crippen LogP contribution in [0.5, 0.6) is 17.6 Å². The van der Waals surface area contributed by atoms with Crippen LogP contribution in [0.1, 0.15) is 11.1 Å². The molecule has 1 aliphatic rings. The van der Waals surface area contributed by atoms with E-state index in [0.717, 1.165) is 20.7 Å². The molecule has 1 aliphatic heterocycles. The fourth-order valence-electron chi connectivity index (χ4n) is 4.61. The molecule has 0 spiro atoms. The first-order valence-corrected chi connectivity index (χ1v) is 12.6. The number of methoxy groups -OCH3 is 2. The van der Waals surface area contributed by atoms with Gasteiger partial charge in [0.1, 0.15) is 11.1 Å². The minimum atomic E-state index is -1.21. The maximum atomic E-state index is 15.1. The number of halogens is 1. The molecule has 1 atom stereocenters. The Balaban J connectivity index is 1.35. The second kappa shape index (κ2) is 9.58. The van der Waals surface area contributed by atoms with Gasteiger partial charge in [-0.05, 0) is 24.6 Å². The maximum absolute atomic E-state index is 15.1. The van der Waals surface area contributed by atoms with Gasteiger partial charge in [0.05, 0.1) is 66.3 Å². The van der Waals surface area contributed by atoms with Crippen LogP contribution < -0.4 is 19.1 Å². The topological polar surface area (TPSA) is 133 Å². The van der Waals surface area contributed by atoms with Crippen molar-refractivity contribution in [2.24, 2.45) is 0 Å². The molecule has 0 aliphatic carbocycles. The molecule has 1 N–H and O–H groups in total. The molecule has 2 aromatic carbocycles. The predicted octanol–water partition coefficient (Wildman–Crippen LogP) is 4.65.